The second-order valence-electron chi connectivity index (χ2n) is 6.90. The number of rotatable bonds is 2. The first-order valence-corrected chi connectivity index (χ1v) is 6.96. The number of nitrogens with zero attached hydrogens (tertiary/aromatic N) is 1. The number of hydroxylamine groups is 2. The third-order valence-corrected chi connectivity index (χ3v) is 4.24. The summed E-state index contributed by atoms with van der Waals surface area (Å²) in [7, 11) is 0. The van der Waals surface area contributed by atoms with Crippen LogP contribution >= 0.6 is 0 Å². The van der Waals surface area contributed by atoms with Gasteiger partial charge < -0.3 is 0 Å². The average Bonchev–Trinajstić information content (AvgIpc) is 2.35. The van der Waals surface area contributed by atoms with E-state index in [9.17, 15) is 5.21 Å². The molecule has 0 N–H and O–H groups in total. The Kier molecular flexibility index (Phi) is 3.59. The van der Waals surface area contributed by atoms with E-state index in [1.165, 1.54) is 10.6 Å². The molecule has 0 aromatic heterocycles. The van der Waals surface area contributed by atoms with E-state index in [0.29, 0.717) is 5.92 Å². The summed E-state index contributed by atoms with van der Waals surface area (Å²) in [5, 5.41) is 13.6. The minimum absolute atomic E-state index is 0.302. The maximum absolute atomic E-state index is 12.3. The van der Waals surface area contributed by atoms with Gasteiger partial charge in [-0.1, -0.05) is 36.9 Å². The van der Waals surface area contributed by atoms with Gasteiger partial charge in [0.05, 0.1) is 0 Å². The lowest BCUT2D eigenvalue weighted by Crippen LogP contribution is -2.57. The highest BCUT2D eigenvalue weighted by atomic mass is 16.5. The Hall–Kier alpha value is -1.12. The molecular formula is C17H24NO. The topological polar surface area (TPSA) is 23.1 Å². The molecule has 0 saturated carbocycles. The molecule has 0 bridgehead atoms. The number of piperidine rings is 1. The molecule has 1 fully saturated rings. The van der Waals surface area contributed by atoms with E-state index in [0.717, 1.165) is 18.4 Å². The summed E-state index contributed by atoms with van der Waals surface area (Å²) in [4.78, 5) is 0. The highest BCUT2D eigenvalue weighted by molar-refractivity contribution is 5.47. The minimum Gasteiger partial charge on any atom is -0.144 e. The fourth-order valence-corrected chi connectivity index (χ4v) is 3.40. The molecule has 0 atom stereocenters. The number of benzene rings is 1. The fourth-order valence-electron chi connectivity index (χ4n) is 3.40. The largest absolute Gasteiger partial charge is 0.144 e. The molecule has 103 valence electrons. The first-order chi connectivity index (χ1) is 8.76. The summed E-state index contributed by atoms with van der Waals surface area (Å²) in [5.74, 6) is 0.453. The Bertz CT molecular complexity index is 441. The van der Waals surface area contributed by atoms with Crippen molar-refractivity contribution in [2.75, 3.05) is 0 Å². The van der Waals surface area contributed by atoms with E-state index in [-0.39, 0.29) is 11.1 Å². The first kappa shape index (κ1) is 14.3. The maximum atomic E-state index is 12.3. The Balaban J connectivity index is 2.27. The van der Waals surface area contributed by atoms with Crippen molar-refractivity contribution in [3.8, 4) is 0 Å². The smallest absolute Gasteiger partial charge is 0.0449 e. The van der Waals surface area contributed by atoms with Gasteiger partial charge in [0.25, 0.3) is 0 Å². The highest BCUT2D eigenvalue weighted by Crippen LogP contribution is 2.44. The van der Waals surface area contributed by atoms with Crippen molar-refractivity contribution in [1.29, 1.82) is 0 Å². The predicted molar refractivity (Wildman–Crippen MR) is 79.2 cm³/mol. The van der Waals surface area contributed by atoms with Crippen LogP contribution in [0.4, 0.5) is 0 Å². The van der Waals surface area contributed by atoms with Crippen molar-refractivity contribution in [1.82, 2.24) is 5.06 Å². The van der Waals surface area contributed by atoms with Crippen molar-refractivity contribution < 1.29 is 5.21 Å². The molecule has 2 nitrogen and oxygen atoms in total. The van der Waals surface area contributed by atoms with Crippen LogP contribution in [0.1, 0.15) is 57.6 Å². The fraction of sp³-hybridized carbons (Fsp3) is 0.529. The van der Waals surface area contributed by atoms with Crippen LogP contribution in [0.5, 0.6) is 0 Å². The van der Waals surface area contributed by atoms with Crippen molar-refractivity contribution in [2.45, 2.75) is 57.5 Å². The third kappa shape index (κ3) is 2.75. The molecule has 19 heavy (non-hydrogen) atoms. The molecule has 1 aromatic rings. The van der Waals surface area contributed by atoms with E-state index in [1.54, 1.807) is 0 Å². The lowest BCUT2D eigenvalue weighted by Gasteiger charge is -2.50. The van der Waals surface area contributed by atoms with E-state index >= 15 is 0 Å². The lowest BCUT2D eigenvalue weighted by molar-refractivity contribution is -0.289. The lowest BCUT2D eigenvalue weighted by atomic mass is 9.72. The van der Waals surface area contributed by atoms with Gasteiger partial charge in [-0.2, -0.15) is 0 Å². The quantitative estimate of drug-likeness (QED) is 0.770. The molecule has 0 amide bonds. The Morgan fingerprint density at radius 3 is 2.00 bits per heavy atom. The van der Waals surface area contributed by atoms with Crippen molar-refractivity contribution in [3.05, 3.63) is 42.0 Å². The molecule has 2 heteroatoms. The van der Waals surface area contributed by atoms with E-state index in [1.807, 2.05) is 33.8 Å². The van der Waals surface area contributed by atoms with Crippen LogP contribution < -0.4 is 0 Å². The predicted octanol–water partition coefficient (Wildman–Crippen LogP) is 4.41. The molecule has 1 aromatic carbocycles. The van der Waals surface area contributed by atoms with Gasteiger partial charge in [0.1, 0.15) is 0 Å². The van der Waals surface area contributed by atoms with Crippen LogP contribution in [-0.4, -0.2) is 16.1 Å². The Morgan fingerprint density at radius 2 is 1.58 bits per heavy atom. The normalized spacial score (nSPS) is 23.2. The van der Waals surface area contributed by atoms with E-state index < -0.39 is 0 Å². The van der Waals surface area contributed by atoms with Crippen molar-refractivity contribution in [3.63, 3.8) is 0 Å². The highest BCUT2D eigenvalue weighted by Gasteiger charge is 2.46. The van der Waals surface area contributed by atoms with Gasteiger partial charge in [-0.05, 0) is 57.6 Å². The number of hydrogen-bond acceptors (Lipinski definition) is 1. The second kappa shape index (κ2) is 4.77. The van der Waals surface area contributed by atoms with Crippen LogP contribution in [0.3, 0.4) is 0 Å². The third-order valence-electron chi connectivity index (χ3n) is 4.24. The summed E-state index contributed by atoms with van der Waals surface area (Å²) >= 11 is 0. The van der Waals surface area contributed by atoms with Gasteiger partial charge >= 0.3 is 0 Å². The standard InChI is InChI=1S/C17H24NO/c1-6-13-7-9-14(10-8-13)15-11-16(2,3)18(19)17(4,5)12-15/h6-10,15H,1,11-12H2,2-5H3. The van der Waals surface area contributed by atoms with Crippen molar-refractivity contribution in [2.24, 2.45) is 0 Å². The molecule has 1 radical (unpaired) electrons. The Labute approximate surface area is 116 Å². The van der Waals surface area contributed by atoms with E-state index in [2.05, 4.69) is 30.8 Å². The molecule has 1 heterocycles. The molecule has 1 aliphatic rings. The molecule has 1 aliphatic heterocycles. The summed E-state index contributed by atoms with van der Waals surface area (Å²) in [6.45, 7) is 12.0. The zero-order valence-corrected chi connectivity index (χ0v) is 12.4. The summed E-state index contributed by atoms with van der Waals surface area (Å²) in [6.07, 6.45) is 3.68. The van der Waals surface area contributed by atoms with Gasteiger partial charge in [0, 0.05) is 11.1 Å². The zero-order chi connectivity index (χ0) is 14.3. The average molecular weight is 258 g/mol. The van der Waals surface area contributed by atoms with Crippen molar-refractivity contribution >= 4 is 6.08 Å². The Morgan fingerprint density at radius 1 is 1.11 bits per heavy atom. The summed E-state index contributed by atoms with van der Waals surface area (Å²) in [5.41, 5.74) is 1.87. The monoisotopic (exact) mass is 258 g/mol. The zero-order valence-electron chi connectivity index (χ0n) is 12.4. The van der Waals surface area contributed by atoms with Crippen LogP contribution in [-0.2, 0) is 5.21 Å². The SMILES string of the molecule is C=Cc1ccc(C2CC(C)(C)N([O])C(C)(C)C2)cc1. The van der Waals surface area contributed by atoms with Crippen LogP contribution in [0.2, 0.25) is 0 Å². The summed E-state index contributed by atoms with van der Waals surface area (Å²) in [6, 6.07) is 8.56. The van der Waals surface area contributed by atoms with Gasteiger partial charge in [0.2, 0.25) is 0 Å². The minimum atomic E-state index is -0.302. The van der Waals surface area contributed by atoms with Crippen LogP contribution in [0.15, 0.2) is 30.8 Å². The number of hydrogen-bond donors (Lipinski definition) is 0. The molecule has 0 unspecified atom stereocenters. The van der Waals surface area contributed by atoms with Gasteiger partial charge in [0.15, 0.2) is 0 Å². The van der Waals surface area contributed by atoms with Gasteiger partial charge in [-0.25, -0.2) is 0 Å². The van der Waals surface area contributed by atoms with Gasteiger partial charge in [-0.3, -0.25) is 0 Å². The summed E-state index contributed by atoms with van der Waals surface area (Å²) < 4.78 is 0. The van der Waals surface area contributed by atoms with Gasteiger partial charge in [-0.15, -0.1) is 10.3 Å². The molecule has 0 aliphatic carbocycles. The second-order valence-corrected chi connectivity index (χ2v) is 6.90. The maximum Gasteiger partial charge on any atom is 0.0449 e. The van der Waals surface area contributed by atoms with Crippen LogP contribution in [0.25, 0.3) is 6.08 Å². The molecule has 1 saturated heterocycles. The molecule has 0 spiro atoms. The molecule has 2 rings (SSSR count). The molecular weight excluding hydrogens is 234 g/mol. The van der Waals surface area contributed by atoms with E-state index in [4.69, 9.17) is 0 Å². The first-order valence-electron chi connectivity index (χ1n) is 6.96. The van der Waals surface area contributed by atoms with Crippen LogP contribution in [0, 0.1) is 0 Å².